The van der Waals surface area contributed by atoms with Crippen molar-refractivity contribution in [2.75, 3.05) is 12.4 Å². The maximum Gasteiger partial charge on any atom is 0.274 e. The molecule has 29 heavy (non-hydrogen) atoms. The van der Waals surface area contributed by atoms with Crippen molar-refractivity contribution in [1.82, 2.24) is 9.55 Å². The number of aryl methyl sites for hydroxylation is 1. The number of ether oxygens (including phenoxy) is 1. The van der Waals surface area contributed by atoms with E-state index in [1.165, 1.54) is 6.07 Å². The van der Waals surface area contributed by atoms with Crippen LogP contribution in [0.25, 0.3) is 0 Å². The van der Waals surface area contributed by atoms with Crippen LogP contribution in [-0.2, 0) is 11.2 Å². The summed E-state index contributed by atoms with van der Waals surface area (Å²) in [6.45, 7) is 7.53. The van der Waals surface area contributed by atoms with Crippen molar-refractivity contribution in [3.8, 4) is 0 Å². The Labute approximate surface area is 174 Å². The molecule has 0 saturated carbocycles. The number of halogens is 2. The number of anilines is 1. The topological polar surface area (TPSA) is 56.2 Å². The molecule has 1 aliphatic heterocycles. The van der Waals surface area contributed by atoms with Crippen molar-refractivity contribution in [1.29, 1.82) is 0 Å². The molecule has 1 unspecified atom stereocenters. The standard InChI is InChI=1S/C22H23ClFN3O2/c1-5-17(29-4)10-13(2)14(3)25-22-26-21(28)12-16-7-9-20(27(16)22)15-6-8-19(24)18(23)11-15/h5-6,8,10-12,20H,1,7,9H2,2-4H3,(H,25,26,28)/b14-13+,17-10+. The van der Waals surface area contributed by atoms with Crippen LogP contribution in [0.15, 0.2) is 64.8 Å². The highest BCUT2D eigenvalue weighted by Gasteiger charge is 2.27. The Hall–Kier alpha value is -2.86. The second-order valence-corrected chi connectivity index (χ2v) is 7.30. The van der Waals surface area contributed by atoms with Gasteiger partial charge in [-0.15, -0.1) is 0 Å². The molecule has 5 nitrogen and oxygen atoms in total. The van der Waals surface area contributed by atoms with Crippen LogP contribution in [-0.4, -0.2) is 16.7 Å². The lowest BCUT2D eigenvalue weighted by Gasteiger charge is -2.21. The maximum atomic E-state index is 13.6. The fourth-order valence-corrected chi connectivity index (χ4v) is 3.59. The van der Waals surface area contributed by atoms with E-state index in [-0.39, 0.29) is 16.6 Å². The fourth-order valence-electron chi connectivity index (χ4n) is 3.41. The zero-order valence-corrected chi connectivity index (χ0v) is 17.4. The summed E-state index contributed by atoms with van der Waals surface area (Å²) in [6.07, 6.45) is 4.96. The van der Waals surface area contributed by atoms with Gasteiger partial charge in [0, 0.05) is 17.5 Å². The van der Waals surface area contributed by atoms with Crippen LogP contribution in [0.3, 0.4) is 0 Å². The summed E-state index contributed by atoms with van der Waals surface area (Å²) >= 11 is 5.99. The number of hydrogen-bond acceptors (Lipinski definition) is 4. The number of aromatic nitrogens is 2. The van der Waals surface area contributed by atoms with Gasteiger partial charge in [-0.2, -0.15) is 4.98 Å². The van der Waals surface area contributed by atoms with E-state index in [1.54, 1.807) is 31.4 Å². The first kappa shape index (κ1) is 20.9. The number of benzene rings is 1. The van der Waals surface area contributed by atoms with Gasteiger partial charge in [0.05, 0.1) is 18.2 Å². The minimum Gasteiger partial charge on any atom is -0.497 e. The Balaban J connectivity index is 2.03. The van der Waals surface area contributed by atoms with Gasteiger partial charge in [-0.1, -0.05) is 24.2 Å². The van der Waals surface area contributed by atoms with Crippen molar-refractivity contribution >= 4 is 17.5 Å². The Morgan fingerprint density at radius 3 is 2.83 bits per heavy atom. The first-order valence-corrected chi connectivity index (χ1v) is 9.62. The van der Waals surface area contributed by atoms with Crippen LogP contribution in [0, 0.1) is 5.82 Å². The highest BCUT2D eigenvalue weighted by atomic mass is 35.5. The largest absolute Gasteiger partial charge is 0.497 e. The van der Waals surface area contributed by atoms with E-state index in [1.807, 2.05) is 24.5 Å². The number of allylic oxidation sites excluding steroid dienone is 4. The molecule has 1 aliphatic rings. The molecule has 1 aromatic carbocycles. The smallest absolute Gasteiger partial charge is 0.274 e. The Kier molecular flexibility index (Phi) is 6.23. The molecule has 0 bridgehead atoms. The second-order valence-electron chi connectivity index (χ2n) is 6.90. The SMILES string of the molecule is C=C/C(=C\C(C)=C(/C)Nc1nc(=O)cc2n1C(c1ccc(F)c(Cl)c1)CC2)OC. The Morgan fingerprint density at radius 1 is 1.41 bits per heavy atom. The van der Waals surface area contributed by atoms with Gasteiger partial charge >= 0.3 is 0 Å². The van der Waals surface area contributed by atoms with Gasteiger partial charge in [0.2, 0.25) is 5.95 Å². The van der Waals surface area contributed by atoms with Crippen LogP contribution < -0.4 is 10.9 Å². The highest BCUT2D eigenvalue weighted by Crippen LogP contribution is 2.35. The number of nitrogens with one attached hydrogen (secondary N) is 1. The molecule has 2 aromatic rings. The van der Waals surface area contributed by atoms with Crippen molar-refractivity contribution in [3.05, 3.63) is 92.5 Å². The van der Waals surface area contributed by atoms with E-state index in [2.05, 4.69) is 16.9 Å². The number of nitrogens with zero attached hydrogens (tertiary/aromatic N) is 2. The second kappa shape index (κ2) is 8.66. The maximum absolute atomic E-state index is 13.6. The molecule has 2 heterocycles. The van der Waals surface area contributed by atoms with E-state index in [4.69, 9.17) is 16.3 Å². The van der Waals surface area contributed by atoms with Gasteiger partial charge in [-0.25, -0.2) is 4.39 Å². The predicted octanol–water partition coefficient (Wildman–Crippen LogP) is 4.99. The van der Waals surface area contributed by atoms with E-state index >= 15 is 0 Å². The van der Waals surface area contributed by atoms with E-state index in [0.717, 1.165) is 35.4 Å². The third-order valence-electron chi connectivity index (χ3n) is 5.04. The third kappa shape index (κ3) is 4.43. The molecular formula is C22H23ClFN3O2. The summed E-state index contributed by atoms with van der Waals surface area (Å²) in [5.74, 6) is 0.617. The molecule has 152 valence electrons. The average Bonchev–Trinajstić information content (AvgIpc) is 3.11. The van der Waals surface area contributed by atoms with Crippen molar-refractivity contribution in [3.63, 3.8) is 0 Å². The zero-order valence-electron chi connectivity index (χ0n) is 16.6. The zero-order chi connectivity index (χ0) is 21.1. The highest BCUT2D eigenvalue weighted by molar-refractivity contribution is 6.30. The molecule has 3 rings (SSSR count). The molecule has 1 aromatic heterocycles. The Morgan fingerprint density at radius 2 is 2.17 bits per heavy atom. The minimum atomic E-state index is -0.456. The lowest BCUT2D eigenvalue weighted by Crippen LogP contribution is -2.20. The number of fused-ring (bicyclic) bond motifs is 1. The lowest BCUT2D eigenvalue weighted by atomic mass is 10.0. The lowest BCUT2D eigenvalue weighted by molar-refractivity contribution is 0.307. The van der Waals surface area contributed by atoms with E-state index in [9.17, 15) is 9.18 Å². The number of methoxy groups -OCH3 is 1. The Bertz CT molecular complexity index is 1070. The average molecular weight is 416 g/mol. The van der Waals surface area contributed by atoms with Crippen molar-refractivity contribution in [2.45, 2.75) is 32.7 Å². The van der Waals surface area contributed by atoms with Crippen LogP contribution in [0.4, 0.5) is 10.3 Å². The molecule has 1 N–H and O–H groups in total. The van der Waals surface area contributed by atoms with Gasteiger partial charge < -0.3 is 14.6 Å². The fraction of sp³-hybridized carbons (Fsp3) is 0.273. The van der Waals surface area contributed by atoms with E-state index < -0.39 is 5.82 Å². The van der Waals surface area contributed by atoms with Gasteiger partial charge in [-0.05, 0) is 62.1 Å². The molecule has 7 heteroatoms. The third-order valence-corrected chi connectivity index (χ3v) is 5.33. The summed E-state index contributed by atoms with van der Waals surface area (Å²) in [5, 5.41) is 3.33. The first-order valence-electron chi connectivity index (χ1n) is 9.24. The molecule has 0 amide bonds. The van der Waals surface area contributed by atoms with Gasteiger partial charge in [-0.3, -0.25) is 4.79 Å². The molecule has 0 aliphatic carbocycles. The van der Waals surface area contributed by atoms with Crippen LogP contribution >= 0.6 is 11.6 Å². The van der Waals surface area contributed by atoms with Gasteiger partial charge in [0.15, 0.2) is 0 Å². The van der Waals surface area contributed by atoms with Crippen molar-refractivity contribution < 1.29 is 9.13 Å². The number of rotatable bonds is 6. The summed E-state index contributed by atoms with van der Waals surface area (Å²) in [4.78, 5) is 16.3. The van der Waals surface area contributed by atoms with Gasteiger partial charge in [0.1, 0.15) is 11.6 Å². The van der Waals surface area contributed by atoms with Crippen LogP contribution in [0.2, 0.25) is 5.02 Å². The molecule has 1 atom stereocenters. The summed E-state index contributed by atoms with van der Waals surface area (Å²) in [7, 11) is 1.58. The van der Waals surface area contributed by atoms with Crippen LogP contribution in [0.5, 0.6) is 0 Å². The van der Waals surface area contributed by atoms with E-state index in [0.29, 0.717) is 11.7 Å². The van der Waals surface area contributed by atoms with Gasteiger partial charge in [0.25, 0.3) is 5.56 Å². The monoisotopic (exact) mass is 415 g/mol. The predicted molar refractivity (Wildman–Crippen MR) is 114 cm³/mol. The molecule has 0 radical (unpaired) electrons. The first-order chi connectivity index (χ1) is 13.8. The molecule has 0 spiro atoms. The molecule has 0 saturated heterocycles. The summed E-state index contributed by atoms with van der Waals surface area (Å²) in [6, 6.07) is 6.16. The summed E-state index contributed by atoms with van der Waals surface area (Å²) < 4.78 is 20.8. The normalized spacial score (nSPS) is 16.9. The summed E-state index contributed by atoms with van der Waals surface area (Å²) in [5.41, 5.74) is 3.17. The quantitative estimate of drug-likeness (QED) is 0.533. The minimum absolute atomic E-state index is 0.0769. The molecular weight excluding hydrogens is 393 g/mol. The van der Waals surface area contributed by atoms with Crippen molar-refractivity contribution in [2.24, 2.45) is 0 Å². The molecule has 0 fully saturated rings. The van der Waals surface area contributed by atoms with Crippen LogP contribution in [0.1, 0.15) is 37.6 Å². The number of hydrogen-bond donors (Lipinski definition) is 1.